The number of nitrogens with two attached hydrogens (primary N) is 1. The van der Waals surface area contributed by atoms with Crippen LogP contribution in [-0.4, -0.2) is 33.3 Å². The Morgan fingerprint density at radius 1 is 1.15 bits per heavy atom. The van der Waals surface area contributed by atoms with E-state index in [0.29, 0.717) is 17.8 Å². The number of hydrogen-bond acceptors (Lipinski definition) is 3. The second-order valence-electron chi connectivity index (χ2n) is 10.4. The summed E-state index contributed by atoms with van der Waals surface area (Å²) in [6, 6.07) is 0.139. The molecule has 1 spiro atoms. The van der Waals surface area contributed by atoms with Gasteiger partial charge in [-0.2, -0.15) is 0 Å². The van der Waals surface area contributed by atoms with Gasteiger partial charge in [0.2, 0.25) is 0 Å². The molecule has 5 rings (SSSR count). The van der Waals surface area contributed by atoms with Crippen LogP contribution in [0, 0.1) is 39.9 Å². The third-order valence-electron chi connectivity index (χ3n) is 9.53. The van der Waals surface area contributed by atoms with Crippen molar-refractivity contribution in [3.63, 3.8) is 0 Å². The predicted octanol–water partition coefficient (Wildman–Crippen LogP) is 3.42. The lowest BCUT2D eigenvalue weighted by Gasteiger charge is -2.70. The normalized spacial score (nSPS) is 54.2. The molecule has 26 heavy (non-hydrogen) atoms. The van der Waals surface area contributed by atoms with Crippen molar-refractivity contribution in [1.29, 1.82) is 0 Å². The number of hydrogen-bond donors (Lipinski definition) is 2. The fraction of sp³-hybridized carbons (Fsp3) is 0.952. The van der Waals surface area contributed by atoms with Crippen LogP contribution in [0.15, 0.2) is 0 Å². The van der Waals surface area contributed by atoms with Crippen molar-refractivity contribution in [1.82, 2.24) is 0 Å². The van der Waals surface area contributed by atoms with E-state index in [-0.39, 0.29) is 22.8 Å². The predicted molar refractivity (Wildman–Crippen MR) is 104 cm³/mol. The maximum absolute atomic E-state index is 12.2. The highest BCUT2D eigenvalue weighted by Crippen LogP contribution is 2.71. The molecule has 0 aliphatic heterocycles. The molecular formula is C21H35NO3S. The van der Waals surface area contributed by atoms with Crippen LogP contribution in [0.5, 0.6) is 0 Å². The van der Waals surface area contributed by atoms with E-state index in [4.69, 9.17) is 5.73 Å². The Bertz CT molecular complexity index is 639. The van der Waals surface area contributed by atoms with Gasteiger partial charge >= 0.3 is 5.97 Å². The van der Waals surface area contributed by atoms with Crippen LogP contribution in [0.4, 0.5) is 0 Å². The highest BCUT2D eigenvalue weighted by Gasteiger charge is 2.68. The van der Waals surface area contributed by atoms with E-state index in [9.17, 15) is 14.1 Å². The second kappa shape index (κ2) is 6.04. The van der Waals surface area contributed by atoms with Crippen LogP contribution in [-0.2, 0) is 15.6 Å². The van der Waals surface area contributed by atoms with Gasteiger partial charge in [-0.3, -0.25) is 9.00 Å². The summed E-state index contributed by atoms with van der Waals surface area (Å²) in [6.45, 7) is 4.39. The summed E-state index contributed by atoms with van der Waals surface area (Å²) in [6.07, 6.45) is 10.5. The molecule has 0 aromatic heterocycles. The van der Waals surface area contributed by atoms with Crippen LogP contribution in [0.2, 0.25) is 0 Å². The fourth-order valence-electron chi connectivity index (χ4n) is 8.34. The van der Waals surface area contributed by atoms with Crippen molar-refractivity contribution in [3.05, 3.63) is 0 Å². The molecule has 9 atom stereocenters. The summed E-state index contributed by atoms with van der Waals surface area (Å²) in [5.74, 6) is 1.92. The minimum atomic E-state index is -0.796. The molecule has 5 fully saturated rings. The van der Waals surface area contributed by atoms with Gasteiger partial charge in [-0.05, 0) is 86.4 Å². The number of aliphatic carboxylic acids is 1. The number of rotatable bonds is 3. The minimum absolute atomic E-state index is 0.0935. The first-order chi connectivity index (χ1) is 12.1. The molecule has 0 radical (unpaired) electrons. The third kappa shape index (κ3) is 2.35. The summed E-state index contributed by atoms with van der Waals surface area (Å²) in [7, 11) is -0.796. The molecule has 0 saturated heterocycles. The van der Waals surface area contributed by atoms with Gasteiger partial charge in [-0.1, -0.05) is 13.3 Å². The summed E-state index contributed by atoms with van der Waals surface area (Å²) >= 11 is 0. The summed E-state index contributed by atoms with van der Waals surface area (Å²) < 4.78 is 11.9. The van der Waals surface area contributed by atoms with Crippen molar-refractivity contribution in [3.8, 4) is 0 Å². The van der Waals surface area contributed by atoms with E-state index >= 15 is 0 Å². The molecule has 2 bridgehead atoms. The Balaban J connectivity index is 1.71. The Morgan fingerprint density at radius 3 is 2.50 bits per heavy atom. The van der Waals surface area contributed by atoms with Crippen LogP contribution < -0.4 is 5.73 Å². The van der Waals surface area contributed by atoms with Crippen LogP contribution >= 0.6 is 0 Å². The molecule has 3 N–H and O–H groups in total. The third-order valence-corrected chi connectivity index (χ3v) is 10.4. The van der Waals surface area contributed by atoms with Gasteiger partial charge in [-0.25, -0.2) is 0 Å². The molecule has 0 heterocycles. The first kappa shape index (κ1) is 18.9. The Labute approximate surface area is 160 Å². The highest BCUT2D eigenvalue weighted by molar-refractivity contribution is 7.84. The van der Waals surface area contributed by atoms with Crippen LogP contribution in [0.25, 0.3) is 0 Å². The van der Waals surface area contributed by atoms with E-state index in [1.807, 2.05) is 13.2 Å². The van der Waals surface area contributed by atoms with Crippen molar-refractivity contribution < 1.29 is 14.1 Å². The molecule has 5 aliphatic rings. The molecule has 5 aliphatic carbocycles. The SMILES string of the molecule is CS(=O)C[C@H]1[C@H]2CC[C@@]3(CC[C@H]4[C@@](C)(CCC[C@@]4(C)C(=O)O)[C@@H]3C2)[C@@H]1N. The molecule has 5 heteroatoms. The van der Waals surface area contributed by atoms with E-state index < -0.39 is 22.2 Å². The first-order valence-electron chi connectivity index (χ1n) is 10.4. The zero-order chi connectivity index (χ0) is 18.9. The van der Waals surface area contributed by atoms with Crippen molar-refractivity contribution in [2.75, 3.05) is 12.0 Å². The maximum Gasteiger partial charge on any atom is 0.309 e. The lowest BCUT2D eigenvalue weighted by atomic mass is 9.35. The molecular weight excluding hydrogens is 346 g/mol. The Kier molecular flexibility index (Phi) is 4.39. The van der Waals surface area contributed by atoms with Crippen LogP contribution in [0.3, 0.4) is 0 Å². The lowest BCUT2D eigenvalue weighted by molar-refractivity contribution is -0.209. The van der Waals surface area contributed by atoms with E-state index in [2.05, 4.69) is 6.92 Å². The van der Waals surface area contributed by atoms with E-state index in [0.717, 1.165) is 37.9 Å². The van der Waals surface area contributed by atoms with Crippen molar-refractivity contribution >= 4 is 16.8 Å². The van der Waals surface area contributed by atoms with Gasteiger partial charge in [0.15, 0.2) is 0 Å². The number of carboxylic acids is 1. The monoisotopic (exact) mass is 381 g/mol. The minimum Gasteiger partial charge on any atom is -0.481 e. The average molecular weight is 382 g/mol. The second-order valence-corrected chi connectivity index (χ2v) is 11.9. The summed E-state index contributed by atoms with van der Waals surface area (Å²) in [4.78, 5) is 12.2. The molecule has 0 aromatic carbocycles. The van der Waals surface area contributed by atoms with Gasteiger partial charge in [0.05, 0.1) is 5.41 Å². The standard InChI is InChI=1S/C21H35NO3S/c1-19-7-4-8-20(2,18(23)24)15(19)6-10-21-9-5-13(11-16(19)21)14(17(21)22)12-26(3)25/h13-17H,4-12,22H2,1-3H3,(H,23,24)/t13-,14-,15-,16-,17+,19+,20+,21-,26?/m0/s1. The maximum atomic E-state index is 12.2. The van der Waals surface area contributed by atoms with Gasteiger partial charge in [0.25, 0.3) is 0 Å². The van der Waals surface area contributed by atoms with E-state index in [1.54, 1.807) is 0 Å². The van der Waals surface area contributed by atoms with Crippen molar-refractivity contribution in [2.45, 2.75) is 71.3 Å². The van der Waals surface area contributed by atoms with Gasteiger partial charge in [-0.15, -0.1) is 0 Å². The smallest absolute Gasteiger partial charge is 0.309 e. The summed E-state index contributed by atoms with van der Waals surface area (Å²) in [5.41, 5.74) is 6.58. The Morgan fingerprint density at radius 2 is 1.85 bits per heavy atom. The Hall–Kier alpha value is -0.420. The molecule has 0 aromatic rings. The average Bonchev–Trinajstić information content (AvgIpc) is 2.57. The summed E-state index contributed by atoms with van der Waals surface area (Å²) in [5, 5.41) is 10.0. The molecule has 1 unspecified atom stereocenters. The van der Waals surface area contributed by atoms with Crippen LogP contribution in [0.1, 0.15) is 65.2 Å². The largest absolute Gasteiger partial charge is 0.481 e. The van der Waals surface area contributed by atoms with Gasteiger partial charge < -0.3 is 10.8 Å². The molecule has 148 valence electrons. The zero-order valence-corrected chi connectivity index (χ0v) is 17.3. The highest BCUT2D eigenvalue weighted by atomic mass is 32.2. The number of fused-ring (bicyclic) bond motifs is 3. The quantitative estimate of drug-likeness (QED) is 0.785. The first-order valence-corrected chi connectivity index (χ1v) is 12.2. The van der Waals surface area contributed by atoms with Gasteiger partial charge in [0, 0.05) is 28.9 Å². The van der Waals surface area contributed by atoms with E-state index in [1.165, 1.54) is 19.3 Å². The van der Waals surface area contributed by atoms with Crippen molar-refractivity contribution in [2.24, 2.45) is 45.7 Å². The molecule has 5 saturated carbocycles. The lowest BCUT2D eigenvalue weighted by Crippen LogP contribution is -2.69. The molecule has 4 nitrogen and oxygen atoms in total. The van der Waals surface area contributed by atoms with Gasteiger partial charge in [0.1, 0.15) is 0 Å². The zero-order valence-electron chi connectivity index (χ0n) is 16.5. The number of carboxylic acid groups (broad SMARTS) is 1. The molecule has 0 amide bonds. The number of carbonyl (C=O) groups is 1. The fourth-order valence-corrected chi connectivity index (χ4v) is 9.36. The topological polar surface area (TPSA) is 80.4 Å².